The third kappa shape index (κ3) is 7.31. The SMILES string of the molecule is CNCCC=C1c2ccccc2CCc2ccccc21.Cn1cncc1C(N)(c1ccc(Cl)cc1)c1ccc2c(c1)c(-c1cccc(Cl)c1)cc(=O)n2C. The molecule has 2 aromatic heterocycles. The lowest BCUT2D eigenvalue weighted by molar-refractivity contribution is 0.596. The maximum absolute atomic E-state index is 12.8. The predicted octanol–water partition coefficient (Wildman–Crippen LogP) is 9.32. The van der Waals surface area contributed by atoms with Gasteiger partial charge in [-0.1, -0.05) is 108 Å². The molecular weight excluding hydrogens is 709 g/mol. The van der Waals surface area contributed by atoms with Gasteiger partial charge < -0.3 is 20.2 Å². The molecule has 0 fully saturated rings. The summed E-state index contributed by atoms with van der Waals surface area (Å²) in [7, 11) is 5.69. The highest BCUT2D eigenvalue weighted by atomic mass is 35.5. The summed E-state index contributed by atoms with van der Waals surface area (Å²) in [4.78, 5) is 17.1. The van der Waals surface area contributed by atoms with E-state index >= 15 is 0 Å². The molecule has 1 aliphatic rings. The molecule has 1 unspecified atom stereocenters. The minimum atomic E-state index is -1.01. The second-order valence-electron chi connectivity index (χ2n) is 13.7. The van der Waals surface area contributed by atoms with Crippen molar-refractivity contribution < 1.29 is 0 Å². The van der Waals surface area contributed by atoms with Crippen molar-refractivity contribution in [2.24, 2.45) is 19.8 Å². The van der Waals surface area contributed by atoms with Crippen molar-refractivity contribution in [2.45, 2.75) is 24.8 Å². The molecule has 0 amide bonds. The fourth-order valence-corrected chi connectivity index (χ4v) is 7.83. The van der Waals surface area contributed by atoms with Crippen LogP contribution in [0.4, 0.5) is 0 Å². The van der Waals surface area contributed by atoms with E-state index < -0.39 is 5.54 Å². The molecule has 54 heavy (non-hydrogen) atoms. The van der Waals surface area contributed by atoms with Crippen LogP contribution in [0.1, 0.15) is 45.5 Å². The molecule has 1 aliphatic carbocycles. The van der Waals surface area contributed by atoms with Crippen molar-refractivity contribution in [1.29, 1.82) is 0 Å². The molecule has 1 atom stereocenters. The Labute approximate surface area is 326 Å². The van der Waals surface area contributed by atoms with Crippen molar-refractivity contribution in [3.8, 4) is 11.1 Å². The Morgan fingerprint density at radius 3 is 2.07 bits per heavy atom. The molecule has 0 saturated heterocycles. The zero-order valence-corrected chi connectivity index (χ0v) is 32.2. The number of imidazole rings is 1. The molecule has 272 valence electrons. The van der Waals surface area contributed by atoms with Gasteiger partial charge in [-0.3, -0.25) is 4.79 Å². The normalized spacial score (nSPS) is 13.3. The third-order valence-electron chi connectivity index (χ3n) is 10.4. The van der Waals surface area contributed by atoms with Gasteiger partial charge in [-0.2, -0.15) is 0 Å². The first kappa shape index (κ1) is 37.1. The number of nitrogens with one attached hydrogen (secondary N) is 1. The van der Waals surface area contributed by atoms with E-state index in [0.29, 0.717) is 10.0 Å². The van der Waals surface area contributed by atoms with Crippen LogP contribution in [0, 0.1) is 0 Å². The second kappa shape index (κ2) is 16.0. The van der Waals surface area contributed by atoms with Crippen molar-refractivity contribution in [1.82, 2.24) is 19.4 Å². The lowest BCUT2D eigenvalue weighted by Gasteiger charge is -2.31. The van der Waals surface area contributed by atoms with Crippen LogP contribution in [0.2, 0.25) is 10.0 Å². The third-order valence-corrected chi connectivity index (χ3v) is 10.9. The molecule has 8 heteroatoms. The summed E-state index contributed by atoms with van der Waals surface area (Å²) in [6, 6.07) is 40.3. The number of halogens is 2. The quantitative estimate of drug-likeness (QED) is 0.159. The van der Waals surface area contributed by atoms with E-state index in [-0.39, 0.29) is 5.56 Å². The number of fused-ring (bicyclic) bond motifs is 3. The Kier molecular flexibility index (Phi) is 11.0. The molecule has 6 nitrogen and oxygen atoms in total. The highest BCUT2D eigenvalue weighted by Crippen LogP contribution is 2.38. The molecule has 0 aliphatic heterocycles. The van der Waals surface area contributed by atoms with Crippen molar-refractivity contribution >= 4 is 39.7 Å². The van der Waals surface area contributed by atoms with Crippen LogP contribution in [0.15, 0.2) is 145 Å². The minimum absolute atomic E-state index is 0.0985. The lowest BCUT2D eigenvalue weighted by atomic mass is 9.80. The summed E-state index contributed by atoms with van der Waals surface area (Å²) < 4.78 is 3.55. The van der Waals surface area contributed by atoms with Gasteiger partial charge in [-0.25, -0.2) is 4.98 Å². The van der Waals surface area contributed by atoms with Gasteiger partial charge in [0.05, 0.1) is 23.7 Å². The number of aryl methyl sites for hydroxylation is 4. The summed E-state index contributed by atoms with van der Waals surface area (Å²) in [5, 5.41) is 5.36. The molecule has 8 rings (SSSR count). The summed E-state index contributed by atoms with van der Waals surface area (Å²) in [5.74, 6) is 0. The highest BCUT2D eigenvalue weighted by Gasteiger charge is 2.35. The van der Waals surface area contributed by atoms with Gasteiger partial charge in [-0.15, -0.1) is 0 Å². The molecule has 3 N–H and O–H groups in total. The Morgan fingerprint density at radius 2 is 1.44 bits per heavy atom. The molecule has 0 saturated carbocycles. The first-order valence-corrected chi connectivity index (χ1v) is 18.9. The number of hydrogen-bond donors (Lipinski definition) is 2. The number of rotatable bonds is 7. The Balaban J connectivity index is 0.000000191. The average Bonchev–Trinajstić information content (AvgIpc) is 3.56. The van der Waals surface area contributed by atoms with Gasteiger partial charge >= 0.3 is 0 Å². The monoisotopic (exact) mass is 751 g/mol. The van der Waals surface area contributed by atoms with Crippen LogP contribution in [-0.2, 0) is 32.5 Å². The number of benzene rings is 5. The van der Waals surface area contributed by atoms with Gasteiger partial charge in [-0.05, 0) is 119 Å². The summed E-state index contributed by atoms with van der Waals surface area (Å²) in [5.41, 5.74) is 18.3. The maximum Gasteiger partial charge on any atom is 0.251 e. The van der Waals surface area contributed by atoms with E-state index in [1.54, 1.807) is 30.2 Å². The van der Waals surface area contributed by atoms with E-state index in [1.165, 1.54) is 27.8 Å². The topological polar surface area (TPSA) is 77.9 Å². The number of hydrogen-bond acceptors (Lipinski definition) is 4. The van der Waals surface area contributed by atoms with Crippen LogP contribution in [-0.4, -0.2) is 27.7 Å². The number of nitrogens with two attached hydrogens (primary N) is 1. The van der Waals surface area contributed by atoms with E-state index in [9.17, 15) is 4.79 Å². The van der Waals surface area contributed by atoms with E-state index in [0.717, 1.165) is 64.7 Å². The highest BCUT2D eigenvalue weighted by molar-refractivity contribution is 6.31. The molecular formula is C46H43Cl2N5O. The predicted molar refractivity (Wildman–Crippen MR) is 224 cm³/mol. The molecule has 5 aromatic carbocycles. The van der Waals surface area contributed by atoms with Crippen LogP contribution < -0.4 is 16.6 Å². The molecule has 0 radical (unpaired) electrons. The zero-order chi connectivity index (χ0) is 37.8. The molecule has 0 spiro atoms. The zero-order valence-electron chi connectivity index (χ0n) is 30.7. The van der Waals surface area contributed by atoms with Gasteiger partial charge in [0.1, 0.15) is 5.54 Å². The fourth-order valence-electron chi connectivity index (χ4n) is 7.51. The maximum atomic E-state index is 12.8. The van der Waals surface area contributed by atoms with Crippen molar-refractivity contribution in [3.05, 3.63) is 199 Å². The Hall–Kier alpha value is -5.24. The number of aromatic nitrogens is 3. The Morgan fingerprint density at radius 1 is 0.778 bits per heavy atom. The van der Waals surface area contributed by atoms with Gasteiger partial charge in [0.25, 0.3) is 5.56 Å². The summed E-state index contributed by atoms with van der Waals surface area (Å²) in [6.45, 7) is 1.02. The van der Waals surface area contributed by atoms with Crippen LogP contribution in [0.3, 0.4) is 0 Å². The standard InChI is InChI=1S/C27H22Cl2N4O.C19H21N/c1-32-16-31-15-25(32)27(30,18-6-9-20(28)10-7-18)19-8-11-24-23(13-19)22(14-26(34)33(24)2)17-4-3-5-21(29)12-17;1-20-14-6-11-19-17-9-4-2-7-15(17)12-13-16-8-3-5-10-18(16)19/h3-16H,30H2,1-2H3;2-5,7-11,20H,6,12-14H2,1H3. The smallest absolute Gasteiger partial charge is 0.251 e. The van der Waals surface area contributed by atoms with Gasteiger partial charge in [0, 0.05) is 35.6 Å². The van der Waals surface area contributed by atoms with Crippen LogP contribution >= 0.6 is 23.2 Å². The van der Waals surface area contributed by atoms with Gasteiger partial charge in [0.2, 0.25) is 0 Å². The van der Waals surface area contributed by atoms with E-state index in [4.69, 9.17) is 28.9 Å². The van der Waals surface area contributed by atoms with Crippen molar-refractivity contribution in [2.75, 3.05) is 13.6 Å². The first-order chi connectivity index (χ1) is 26.2. The number of nitrogens with zero attached hydrogens (tertiary/aromatic N) is 3. The second-order valence-corrected chi connectivity index (χ2v) is 14.6. The Bertz CT molecular complexity index is 2490. The van der Waals surface area contributed by atoms with Gasteiger partial charge in [0.15, 0.2) is 0 Å². The average molecular weight is 753 g/mol. The number of pyridine rings is 1. The molecule has 2 heterocycles. The van der Waals surface area contributed by atoms with E-state index in [1.807, 2.05) is 85.4 Å². The van der Waals surface area contributed by atoms with E-state index in [2.05, 4.69) is 64.9 Å². The molecule has 0 bridgehead atoms. The minimum Gasteiger partial charge on any atom is -0.336 e. The fraction of sp³-hybridized carbons (Fsp3) is 0.174. The lowest BCUT2D eigenvalue weighted by Crippen LogP contribution is -2.41. The largest absolute Gasteiger partial charge is 0.336 e. The van der Waals surface area contributed by atoms with Crippen molar-refractivity contribution in [3.63, 3.8) is 0 Å². The van der Waals surface area contributed by atoms with Crippen LogP contribution in [0.5, 0.6) is 0 Å². The summed E-state index contributed by atoms with van der Waals surface area (Å²) in [6.07, 6.45) is 9.23. The molecule has 7 aromatic rings. The van der Waals surface area contributed by atoms with Crippen LogP contribution in [0.25, 0.3) is 27.6 Å². The summed E-state index contributed by atoms with van der Waals surface area (Å²) >= 11 is 12.4. The first-order valence-electron chi connectivity index (χ1n) is 18.1.